The zero-order valence-corrected chi connectivity index (χ0v) is 11.3. The predicted octanol–water partition coefficient (Wildman–Crippen LogP) is 3.35. The molecule has 3 rings (SSSR count). The molecule has 0 radical (unpaired) electrons. The molecule has 2 aromatic heterocycles. The van der Waals surface area contributed by atoms with Gasteiger partial charge in [-0.05, 0) is 37.6 Å². The number of hydrogen-bond donors (Lipinski definition) is 1. The Morgan fingerprint density at radius 2 is 2.15 bits per heavy atom. The molecule has 0 amide bonds. The molecule has 0 saturated heterocycles. The van der Waals surface area contributed by atoms with Crippen LogP contribution in [0.15, 0.2) is 42.7 Å². The van der Waals surface area contributed by atoms with Gasteiger partial charge < -0.3 is 5.32 Å². The normalized spacial score (nSPS) is 12.6. The highest BCUT2D eigenvalue weighted by Gasteiger charge is 2.10. The molecule has 1 aromatic carbocycles. The first-order valence-electron chi connectivity index (χ1n) is 6.46. The lowest BCUT2D eigenvalue weighted by Gasteiger charge is -2.15. The quantitative estimate of drug-likeness (QED) is 0.793. The first kappa shape index (κ1) is 12.6. The molecule has 0 aliphatic rings. The van der Waals surface area contributed by atoms with Crippen LogP contribution in [0.4, 0.5) is 10.2 Å². The number of anilines is 1. The Labute approximate surface area is 116 Å². The molecule has 5 heteroatoms. The molecule has 0 fully saturated rings. The van der Waals surface area contributed by atoms with E-state index >= 15 is 0 Å². The summed E-state index contributed by atoms with van der Waals surface area (Å²) < 4.78 is 15.0. The van der Waals surface area contributed by atoms with Gasteiger partial charge in [-0.3, -0.25) is 0 Å². The van der Waals surface area contributed by atoms with Gasteiger partial charge in [0.15, 0.2) is 5.82 Å². The van der Waals surface area contributed by atoms with E-state index in [1.165, 1.54) is 12.1 Å². The number of fused-ring (bicyclic) bond motifs is 1. The van der Waals surface area contributed by atoms with Crippen LogP contribution in [0.1, 0.15) is 24.2 Å². The maximum atomic E-state index is 13.3. The Morgan fingerprint density at radius 3 is 2.95 bits per heavy atom. The summed E-state index contributed by atoms with van der Waals surface area (Å²) in [5.41, 5.74) is 2.72. The highest BCUT2D eigenvalue weighted by Crippen LogP contribution is 2.22. The van der Waals surface area contributed by atoms with E-state index in [4.69, 9.17) is 0 Å². The fourth-order valence-corrected chi connectivity index (χ4v) is 2.22. The second-order valence-electron chi connectivity index (χ2n) is 4.81. The van der Waals surface area contributed by atoms with Gasteiger partial charge in [-0.25, -0.2) is 13.9 Å². The molecule has 0 saturated carbocycles. The monoisotopic (exact) mass is 270 g/mol. The third kappa shape index (κ3) is 2.34. The SMILES string of the molecule is Cc1cc2c(NC(C)c3cccc(F)c3)nccn2n1. The van der Waals surface area contributed by atoms with Gasteiger partial charge in [-0.15, -0.1) is 0 Å². The average molecular weight is 270 g/mol. The minimum Gasteiger partial charge on any atom is -0.362 e. The number of hydrogen-bond acceptors (Lipinski definition) is 3. The van der Waals surface area contributed by atoms with Crippen molar-refractivity contribution in [3.05, 3.63) is 59.8 Å². The molecular weight excluding hydrogens is 255 g/mol. The molecule has 2 heterocycles. The summed E-state index contributed by atoms with van der Waals surface area (Å²) in [5, 5.41) is 7.65. The van der Waals surface area contributed by atoms with Crippen molar-refractivity contribution in [3.8, 4) is 0 Å². The molecule has 0 bridgehead atoms. The van der Waals surface area contributed by atoms with E-state index in [0.29, 0.717) is 0 Å². The third-order valence-electron chi connectivity index (χ3n) is 3.21. The van der Waals surface area contributed by atoms with E-state index in [2.05, 4.69) is 15.4 Å². The van der Waals surface area contributed by atoms with Crippen molar-refractivity contribution in [2.45, 2.75) is 19.9 Å². The summed E-state index contributed by atoms with van der Waals surface area (Å²) in [6.45, 7) is 3.91. The molecule has 0 aliphatic heterocycles. The van der Waals surface area contributed by atoms with Crippen LogP contribution in [-0.4, -0.2) is 14.6 Å². The summed E-state index contributed by atoms with van der Waals surface area (Å²) in [4.78, 5) is 4.34. The summed E-state index contributed by atoms with van der Waals surface area (Å²) in [7, 11) is 0. The topological polar surface area (TPSA) is 42.2 Å². The van der Waals surface area contributed by atoms with Crippen LogP contribution in [0.3, 0.4) is 0 Å². The van der Waals surface area contributed by atoms with Crippen molar-refractivity contribution < 1.29 is 4.39 Å². The van der Waals surface area contributed by atoms with Crippen molar-refractivity contribution in [1.29, 1.82) is 0 Å². The maximum Gasteiger partial charge on any atom is 0.152 e. The molecule has 0 aliphatic carbocycles. The molecule has 20 heavy (non-hydrogen) atoms. The van der Waals surface area contributed by atoms with Gasteiger partial charge in [0.25, 0.3) is 0 Å². The minimum absolute atomic E-state index is 0.0420. The highest BCUT2D eigenvalue weighted by molar-refractivity contribution is 5.68. The largest absolute Gasteiger partial charge is 0.362 e. The van der Waals surface area contributed by atoms with Gasteiger partial charge in [-0.2, -0.15) is 5.10 Å². The van der Waals surface area contributed by atoms with Crippen LogP contribution in [0, 0.1) is 12.7 Å². The van der Waals surface area contributed by atoms with Crippen LogP contribution in [0.25, 0.3) is 5.52 Å². The molecule has 0 spiro atoms. The molecule has 1 unspecified atom stereocenters. The van der Waals surface area contributed by atoms with Crippen molar-refractivity contribution in [1.82, 2.24) is 14.6 Å². The number of halogens is 1. The summed E-state index contributed by atoms with van der Waals surface area (Å²) in [6.07, 6.45) is 3.50. The lowest BCUT2D eigenvalue weighted by Crippen LogP contribution is -2.09. The molecule has 102 valence electrons. The Kier molecular flexibility index (Phi) is 3.10. The van der Waals surface area contributed by atoms with E-state index in [0.717, 1.165) is 22.6 Å². The number of nitrogens with one attached hydrogen (secondary N) is 1. The maximum absolute atomic E-state index is 13.3. The summed E-state index contributed by atoms with van der Waals surface area (Å²) >= 11 is 0. The van der Waals surface area contributed by atoms with Crippen LogP contribution < -0.4 is 5.32 Å². The summed E-state index contributed by atoms with van der Waals surface area (Å²) in [6, 6.07) is 8.49. The Bertz CT molecular complexity index is 750. The fraction of sp³-hybridized carbons (Fsp3) is 0.200. The molecule has 1 atom stereocenters. The van der Waals surface area contributed by atoms with Crippen LogP contribution in [0.5, 0.6) is 0 Å². The van der Waals surface area contributed by atoms with Crippen molar-refractivity contribution in [3.63, 3.8) is 0 Å². The predicted molar refractivity (Wildman–Crippen MR) is 76.2 cm³/mol. The van der Waals surface area contributed by atoms with Gasteiger partial charge in [0, 0.05) is 12.4 Å². The van der Waals surface area contributed by atoms with Crippen LogP contribution >= 0.6 is 0 Å². The van der Waals surface area contributed by atoms with Gasteiger partial charge in [0.1, 0.15) is 11.3 Å². The van der Waals surface area contributed by atoms with Crippen molar-refractivity contribution in [2.75, 3.05) is 5.32 Å². The van der Waals surface area contributed by atoms with Crippen LogP contribution in [-0.2, 0) is 0 Å². The number of rotatable bonds is 3. The first-order valence-corrected chi connectivity index (χ1v) is 6.46. The minimum atomic E-state index is -0.234. The van der Waals surface area contributed by atoms with E-state index in [1.54, 1.807) is 23.0 Å². The lowest BCUT2D eigenvalue weighted by atomic mass is 10.1. The fourth-order valence-electron chi connectivity index (χ4n) is 2.22. The Morgan fingerprint density at radius 1 is 1.30 bits per heavy atom. The van der Waals surface area contributed by atoms with E-state index < -0.39 is 0 Å². The Hall–Kier alpha value is -2.43. The molecule has 1 N–H and O–H groups in total. The van der Waals surface area contributed by atoms with Crippen molar-refractivity contribution >= 4 is 11.3 Å². The number of aryl methyl sites for hydroxylation is 1. The zero-order chi connectivity index (χ0) is 14.1. The van der Waals surface area contributed by atoms with Gasteiger partial charge >= 0.3 is 0 Å². The standard InChI is InChI=1S/C15H15FN4/c1-10-8-14-15(17-6-7-20(14)19-10)18-11(2)12-4-3-5-13(16)9-12/h3-9,11H,1-2H3,(H,17,18). The van der Waals surface area contributed by atoms with Gasteiger partial charge in [0.2, 0.25) is 0 Å². The van der Waals surface area contributed by atoms with E-state index in [-0.39, 0.29) is 11.9 Å². The second-order valence-corrected chi connectivity index (χ2v) is 4.81. The highest BCUT2D eigenvalue weighted by atomic mass is 19.1. The van der Waals surface area contributed by atoms with Crippen LogP contribution in [0.2, 0.25) is 0 Å². The van der Waals surface area contributed by atoms with E-state index in [1.807, 2.05) is 26.0 Å². The number of nitrogens with zero attached hydrogens (tertiary/aromatic N) is 3. The second kappa shape index (κ2) is 4.92. The number of aromatic nitrogens is 3. The first-order chi connectivity index (χ1) is 9.63. The zero-order valence-electron chi connectivity index (χ0n) is 11.3. The molecule has 4 nitrogen and oxygen atoms in total. The average Bonchev–Trinajstić information content (AvgIpc) is 2.80. The third-order valence-corrected chi connectivity index (χ3v) is 3.21. The molecule has 3 aromatic rings. The van der Waals surface area contributed by atoms with Crippen molar-refractivity contribution in [2.24, 2.45) is 0 Å². The number of benzene rings is 1. The summed E-state index contributed by atoms with van der Waals surface area (Å²) in [5.74, 6) is 0.507. The lowest BCUT2D eigenvalue weighted by molar-refractivity contribution is 0.623. The molecular formula is C15H15FN4. The van der Waals surface area contributed by atoms with Gasteiger partial charge in [0.05, 0.1) is 11.7 Å². The van der Waals surface area contributed by atoms with Gasteiger partial charge in [-0.1, -0.05) is 12.1 Å². The Balaban J connectivity index is 1.93. The smallest absolute Gasteiger partial charge is 0.152 e. The van der Waals surface area contributed by atoms with E-state index in [9.17, 15) is 4.39 Å².